The van der Waals surface area contributed by atoms with Crippen molar-refractivity contribution in [2.75, 3.05) is 20.1 Å². The highest BCUT2D eigenvalue weighted by molar-refractivity contribution is 5.95. The Morgan fingerprint density at radius 2 is 1.42 bits per heavy atom. The molecule has 2 aliphatic rings. The van der Waals surface area contributed by atoms with Crippen LogP contribution >= 0.6 is 0 Å². The lowest BCUT2D eigenvalue weighted by Gasteiger charge is -2.44. The summed E-state index contributed by atoms with van der Waals surface area (Å²) in [6.07, 6.45) is -7.61. The highest BCUT2D eigenvalue weighted by Crippen LogP contribution is 2.38. The van der Waals surface area contributed by atoms with Gasteiger partial charge >= 0.3 is 12.4 Å². The number of hydrogen-bond acceptors (Lipinski definition) is 3. The molecule has 2 aromatic carbocycles. The van der Waals surface area contributed by atoms with Crippen LogP contribution in [0, 0.1) is 11.7 Å². The average Bonchev–Trinajstić information content (AvgIpc) is 2.95. The Bertz CT molecular complexity index is 1300. The van der Waals surface area contributed by atoms with Crippen LogP contribution < -0.4 is 5.32 Å². The number of nitrogens with one attached hydrogen (secondary N) is 1. The first kappa shape index (κ1) is 32.3. The molecule has 13 heteroatoms. The second kappa shape index (κ2) is 12.5. The maximum atomic E-state index is 13.7. The molecular weight excluding hydrogens is 583 g/mol. The van der Waals surface area contributed by atoms with E-state index in [1.807, 2.05) is 0 Å². The third kappa shape index (κ3) is 7.66. The minimum Gasteiger partial charge on any atom is -0.354 e. The monoisotopic (exact) mass is 615 g/mol. The van der Waals surface area contributed by atoms with Gasteiger partial charge in [-0.15, -0.1) is 0 Å². The van der Waals surface area contributed by atoms with E-state index in [0.29, 0.717) is 43.4 Å². The van der Waals surface area contributed by atoms with Gasteiger partial charge in [0.25, 0.3) is 5.91 Å². The molecule has 0 spiro atoms. The summed E-state index contributed by atoms with van der Waals surface area (Å²) in [5.74, 6) is -2.67. The fourth-order valence-electron chi connectivity index (χ4n) is 6.10. The van der Waals surface area contributed by atoms with Gasteiger partial charge in [0.2, 0.25) is 11.8 Å². The first-order valence-corrected chi connectivity index (χ1v) is 13.9. The van der Waals surface area contributed by atoms with Crippen LogP contribution in [0.15, 0.2) is 42.5 Å². The second-order valence-corrected chi connectivity index (χ2v) is 11.3. The van der Waals surface area contributed by atoms with Crippen molar-refractivity contribution < 1.29 is 45.1 Å². The summed E-state index contributed by atoms with van der Waals surface area (Å²) < 4.78 is 94.4. The first-order chi connectivity index (χ1) is 20.0. The fourth-order valence-corrected chi connectivity index (χ4v) is 6.10. The van der Waals surface area contributed by atoms with Crippen molar-refractivity contribution in [2.24, 2.45) is 5.92 Å². The summed E-state index contributed by atoms with van der Waals surface area (Å²) in [5.41, 5.74) is -3.39. The maximum Gasteiger partial charge on any atom is 0.416 e. The summed E-state index contributed by atoms with van der Waals surface area (Å²) in [7, 11) is 1.30. The number of piperidine rings is 1. The van der Waals surface area contributed by atoms with E-state index in [4.69, 9.17) is 0 Å². The zero-order chi connectivity index (χ0) is 31.7. The fraction of sp³-hybridized carbons (Fsp3) is 0.500. The molecule has 6 nitrogen and oxygen atoms in total. The van der Waals surface area contributed by atoms with Crippen LogP contribution in [-0.2, 0) is 21.9 Å². The molecule has 2 aromatic rings. The van der Waals surface area contributed by atoms with E-state index in [-0.39, 0.29) is 49.4 Å². The highest BCUT2D eigenvalue weighted by atomic mass is 19.4. The number of carbonyl (C=O) groups is 3. The number of likely N-dealkylation sites (tertiary alicyclic amines) is 1. The van der Waals surface area contributed by atoms with Crippen molar-refractivity contribution in [1.82, 2.24) is 15.1 Å². The Morgan fingerprint density at radius 1 is 0.860 bits per heavy atom. The molecule has 3 amide bonds. The summed E-state index contributed by atoms with van der Waals surface area (Å²) in [6, 6.07) is 5.45. The van der Waals surface area contributed by atoms with Crippen LogP contribution in [-0.4, -0.2) is 59.7 Å². The van der Waals surface area contributed by atoms with Gasteiger partial charge in [0.1, 0.15) is 5.82 Å². The minimum atomic E-state index is -5.11. The number of nitrogens with zero attached hydrogens (tertiary/aromatic N) is 2. The third-order valence-corrected chi connectivity index (χ3v) is 8.32. The molecule has 1 heterocycles. The van der Waals surface area contributed by atoms with Crippen molar-refractivity contribution in [3.05, 3.63) is 70.5 Å². The molecule has 1 saturated heterocycles. The van der Waals surface area contributed by atoms with Crippen LogP contribution in [0.3, 0.4) is 0 Å². The van der Waals surface area contributed by atoms with Gasteiger partial charge in [-0.2, -0.15) is 26.3 Å². The summed E-state index contributed by atoms with van der Waals surface area (Å²) in [5, 5.41) is 2.86. The summed E-state index contributed by atoms with van der Waals surface area (Å²) >= 11 is 0. The molecule has 1 aliphatic carbocycles. The average molecular weight is 616 g/mol. The molecule has 4 rings (SSSR count). The number of alkyl halides is 6. The van der Waals surface area contributed by atoms with Gasteiger partial charge in [0, 0.05) is 56.5 Å². The van der Waals surface area contributed by atoms with Crippen molar-refractivity contribution in [3.63, 3.8) is 0 Å². The van der Waals surface area contributed by atoms with Crippen LogP contribution in [0.2, 0.25) is 0 Å². The van der Waals surface area contributed by atoms with Crippen molar-refractivity contribution in [3.8, 4) is 0 Å². The van der Waals surface area contributed by atoms with E-state index >= 15 is 0 Å². The predicted octanol–water partition coefficient (Wildman–Crippen LogP) is 6.01. The molecular formula is C30H32F7N3O3. The molecule has 0 aromatic heterocycles. The number of halogens is 7. The van der Waals surface area contributed by atoms with Gasteiger partial charge in [-0.25, -0.2) is 4.39 Å². The van der Waals surface area contributed by atoms with Crippen molar-refractivity contribution >= 4 is 17.7 Å². The highest BCUT2D eigenvalue weighted by Gasteiger charge is 2.41. The van der Waals surface area contributed by atoms with Gasteiger partial charge in [0.15, 0.2) is 0 Å². The Balaban J connectivity index is 1.58. The van der Waals surface area contributed by atoms with Gasteiger partial charge in [0.05, 0.1) is 11.1 Å². The van der Waals surface area contributed by atoms with E-state index < -0.39 is 52.7 Å². The predicted molar refractivity (Wildman–Crippen MR) is 142 cm³/mol. The van der Waals surface area contributed by atoms with Crippen molar-refractivity contribution in [2.45, 2.75) is 69.4 Å². The number of rotatable bonds is 5. The number of carbonyl (C=O) groups excluding carboxylic acids is 3. The Morgan fingerprint density at radius 3 is 1.93 bits per heavy atom. The van der Waals surface area contributed by atoms with E-state index in [0.717, 1.165) is 4.90 Å². The molecule has 0 radical (unpaired) electrons. The third-order valence-electron chi connectivity index (χ3n) is 8.32. The van der Waals surface area contributed by atoms with Crippen molar-refractivity contribution in [1.29, 1.82) is 0 Å². The molecule has 1 aliphatic heterocycles. The second-order valence-electron chi connectivity index (χ2n) is 11.3. The SMILES string of the molecule is CC(=O)N[C@H]1CC[C@H](C(=O)N2CCC(N(C)C(=O)c3cc(C(F)(F)F)cc(C(F)(F)F)c3)C(c3ccc(F)cc3)C2)CC1. The zero-order valence-corrected chi connectivity index (χ0v) is 23.6. The van der Waals surface area contributed by atoms with E-state index in [1.165, 1.54) is 38.2 Å². The normalized spacial score (nSPS) is 23.0. The molecule has 234 valence electrons. The number of likely N-dealkylation sites (N-methyl/N-ethyl adjacent to an activating group) is 1. The molecule has 1 saturated carbocycles. The van der Waals surface area contributed by atoms with Crippen LogP contribution in [0.25, 0.3) is 0 Å². The van der Waals surface area contributed by atoms with Gasteiger partial charge in [-0.05, 0) is 68.0 Å². The Kier molecular flexibility index (Phi) is 9.41. The van der Waals surface area contributed by atoms with Gasteiger partial charge in [-0.1, -0.05) is 12.1 Å². The Labute approximate surface area is 244 Å². The minimum absolute atomic E-state index is 0.00683. The molecule has 43 heavy (non-hydrogen) atoms. The maximum absolute atomic E-state index is 13.7. The standard InChI is InChI=1S/C30H32F7N3O3/c1-17(41)38-24-9-5-19(6-10-24)28(43)40-12-11-26(25(16-40)18-3-7-23(31)8-4-18)39(2)27(42)20-13-21(29(32,33)34)15-22(14-20)30(35,36)37/h3-4,7-8,13-15,19,24-26H,5-6,9-12,16H2,1-2H3,(H,38,41)/t19-,24-,25?,26?. The molecule has 0 bridgehead atoms. The lowest BCUT2D eigenvalue weighted by Crippen LogP contribution is -2.53. The largest absolute Gasteiger partial charge is 0.416 e. The lowest BCUT2D eigenvalue weighted by atomic mass is 9.82. The number of hydrogen-bond donors (Lipinski definition) is 1. The van der Waals surface area contributed by atoms with Gasteiger partial charge in [-0.3, -0.25) is 14.4 Å². The summed E-state index contributed by atoms with van der Waals surface area (Å²) in [6.45, 7) is 1.76. The first-order valence-electron chi connectivity index (χ1n) is 13.9. The summed E-state index contributed by atoms with van der Waals surface area (Å²) in [4.78, 5) is 41.1. The molecule has 1 N–H and O–H groups in total. The smallest absolute Gasteiger partial charge is 0.354 e. The van der Waals surface area contributed by atoms with E-state index in [2.05, 4.69) is 5.32 Å². The molecule has 2 atom stereocenters. The molecule has 2 unspecified atom stereocenters. The van der Waals surface area contributed by atoms with E-state index in [9.17, 15) is 45.1 Å². The van der Waals surface area contributed by atoms with E-state index in [1.54, 1.807) is 4.90 Å². The molecule has 2 fully saturated rings. The van der Waals surface area contributed by atoms with Crippen LogP contribution in [0.1, 0.15) is 72.0 Å². The van der Waals surface area contributed by atoms with Gasteiger partial charge < -0.3 is 15.1 Å². The number of benzene rings is 2. The zero-order valence-electron chi connectivity index (χ0n) is 23.6. The quantitative estimate of drug-likeness (QED) is 0.419. The Hall–Kier alpha value is -3.64. The van der Waals surface area contributed by atoms with Crippen LogP contribution in [0.5, 0.6) is 0 Å². The lowest BCUT2D eigenvalue weighted by molar-refractivity contribution is -0.143. The number of amides is 3. The topological polar surface area (TPSA) is 69.7 Å². The van der Waals surface area contributed by atoms with Crippen LogP contribution in [0.4, 0.5) is 30.7 Å².